The SMILES string of the molecule is CCn1ncc(-c2ccnc3cc(C(=O)Nc4sc(C(N)=O)c(C)c4C(=O)OC(C)C)nn23)c1C. The molecule has 0 bridgehead atoms. The van der Waals surface area contributed by atoms with E-state index < -0.39 is 17.8 Å². The number of nitrogens with one attached hydrogen (secondary N) is 1. The van der Waals surface area contributed by atoms with Gasteiger partial charge in [0.15, 0.2) is 11.3 Å². The van der Waals surface area contributed by atoms with Crippen LogP contribution >= 0.6 is 11.3 Å². The zero-order chi connectivity index (χ0) is 25.4. The van der Waals surface area contributed by atoms with Crippen LogP contribution in [0.15, 0.2) is 24.5 Å². The molecule has 4 aromatic rings. The first-order valence-electron chi connectivity index (χ1n) is 10.9. The number of aromatic nitrogens is 5. The molecule has 0 fully saturated rings. The highest BCUT2D eigenvalue weighted by Gasteiger charge is 2.27. The summed E-state index contributed by atoms with van der Waals surface area (Å²) in [7, 11) is 0. The number of thiophene rings is 1. The van der Waals surface area contributed by atoms with Crippen molar-refractivity contribution in [1.82, 2.24) is 24.4 Å². The lowest BCUT2D eigenvalue weighted by Crippen LogP contribution is -2.17. The van der Waals surface area contributed by atoms with Crippen LogP contribution < -0.4 is 11.1 Å². The van der Waals surface area contributed by atoms with Gasteiger partial charge in [-0.2, -0.15) is 10.2 Å². The molecule has 0 unspecified atom stereocenters. The van der Waals surface area contributed by atoms with Gasteiger partial charge < -0.3 is 15.8 Å². The van der Waals surface area contributed by atoms with Crippen LogP contribution in [0.5, 0.6) is 0 Å². The van der Waals surface area contributed by atoms with Gasteiger partial charge in [0.05, 0.1) is 28.4 Å². The average molecular weight is 496 g/mol. The van der Waals surface area contributed by atoms with Crippen molar-refractivity contribution in [1.29, 1.82) is 0 Å². The lowest BCUT2D eigenvalue weighted by Gasteiger charge is -2.10. The lowest BCUT2D eigenvalue weighted by atomic mass is 10.1. The van der Waals surface area contributed by atoms with E-state index in [0.29, 0.717) is 11.2 Å². The summed E-state index contributed by atoms with van der Waals surface area (Å²) in [6, 6.07) is 3.34. The number of fused-ring (bicyclic) bond motifs is 1. The van der Waals surface area contributed by atoms with Crippen LogP contribution in [0.4, 0.5) is 5.00 Å². The van der Waals surface area contributed by atoms with E-state index in [4.69, 9.17) is 10.5 Å². The molecular formula is C23H25N7O4S. The van der Waals surface area contributed by atoms with Crippen LogP contribution in [0.2, 0.25) is 0 Å². The molecule has 12 heteroatoms. The van der Waals surface area contributed by atoms with Crippen molar-refractivity contribution in [3.63, 3.8) is 0 Å². The summed E-state index contributed by atoms with van der Waals surface area (Å²) >= 11 is 0.918. The minimum absolute atomic E-state index is 0.0836. The molecule has 0 atom stereocenters. The molecule has 0 radical (unpaired) electrons. The Bertz CT molecular complexity index is 1460. The zero-order valence-electron chi connectivity index (χ0n) is 19.9. The number of aryl methyl sites for hydroxylation is 1. The maximum atomic E-state index is 13.1. The summed E-state index contributed by atoms with van der Waals surface area (Å²) in [5.41, 5.74) is 9.02. The fourth-order valence-corrected chi connectivity index (χ4v) is 4.79. The fraction of sp³-hybridized carbons (Fsp3) is 0.304. The number of nitrogens with two attached hydrogens (primary N) is 1. The summed E-state index contributed by atoms with van der Waals surface area (Å²) in [6.45, 7) is 9.69. The average Bonchev–Trinajstić information content (AvgIpc) is 3.47. The van der Waals surface area contributed by atoms with Crippen molar-refractivity contribution in [2.45, 2.75) is 47.3 Å². The summed E-state index contributed by atoms with van der Waals surface area (Å²) in [5, 5.41) is 11.7. The van der Waals surface area contributed by atoms with Gasteiger partial charge in [0.1, 0.15) is 5.00 Å². The number of rotatable bonds is 7. The molecule has 0 aliphatic carbocycles. The van der Waals surface area contributed by atoms with Gasteiger partial charge in [-0.25, -0.2) is 14.3 Å². The fourth-order valence-electron chi connectivity index (χ4n) is 3.75. The second kappa shape index (κ2) is 9.29. The molecule has 4 heterocycles. The van der Waals surface area contributed by atoms with Gasteiger partial charge in [-0.05, 0) is 46.2 Å². The first-order valence-corrected chi connectivity index (χ1v) is 11.8. The summed E-state index contributed by atoms with van der Waals surface area (Å²) in [4.78, 5) is 42.2. The van der Waals surface area contributed by atoms with Crippen LogP contribution in [0.1, 0.15) is 62.5 Å². The second-order valence-corrected chi connectivity index (χ2v) is 9.14. The maximum Gasteiger partial charge on any atom is 0.341 e. The zero-order valence-corrected chi connectivity index (χ0v) is 20.8. The Kier molecular flexibility index (Phi) is 6.39. The van der Waals surface area contributed by atoms with Gasteiger partial charge in [-0.15, -0.1) is 11.3 Å². The number of anilines is 1. The molecule has 4 rings (SSSR count). The Labute approximate surface area is 204 Å². The predicted molar refractivity (Wildman–Crippen MR) is 131 cm³/mol. The van der Waals surface area contributed by atoms with Crippen LogP contribution in [0.25, 0.3) is 16.9 Å². The van der Waals surface area contributed by atoms with Gasteiger partial charge in [-0.1, -0.05) is 0 Å². The molecule has 0 spiro atoms. The molecule has 4 aromatic heterocycles. The number of carbonyl (C=O) groups excluding carboxylic acids is 3. The Hall–Kier alpha value is -4.06. The molecular weight excluding hydrogens is 470 g/mol. The van der Waals surface area contributed by atoms with E-state index >= 15 is 0 Å². The van der Waals surface area contributed by atoms with E-state index in [1.807, 2.05) is 18.5 Å². The molecule has 2 amide bonds. The summed E-state index contributed by atoms with van der Waals surface area (Å²) in [5.74, 6) is -1.92. The monoisotopic (exact) mass is 495 g/mol. The highest BCUT2D eigenvalue weighted by atomic mass is 32.1. The number of nitrogens with zero attached hydrogens (tertiary/aromatic N) is 5. The van der Waals surface area contributed by atoms with Crippen LogP contribution in [-0.2, 0) is 11.3 Å². The molecule has 182 valence electrons. The van der Waals surface area contributed by atoms with Crippen molar-refractivity contribution in [2.24, 2.45) is 5.73 Å². The van der Waals surface area contributed by atoms with E-state index in [0.717, 1.165) is 34.8 Å². The topological polar surface area (TPSA) is 146 Å². The molecule has 3 N–H and O–H groups in total. The first kappa shape index (κ1) is 24.1. The van der Waals surface area contributed by atoms with Gasteiger partial charge in [-0.3, -0.25) is 14.3 Å². The third kappa shape index (κ3) is 4.39. The van der Waals surface area contributed by atoms with E-state index in [2.05, 4.69) is 20.5 Å². The van der Waals surface area contributed by atoms with E-state index in [1.54, 1.807) is 49.8 Å². The van der Waals surface area contributed by atoms with E-state index in [9.17, 15) is 14.4 Å². The highest BCUT2D eigenvalue weighted by molar-refractivity contribution is 7.18. The van der Waals surface area contributed by atoms with Crippen LogP contribution in [-0.4, -0.2) is 48.3 Å². The Morgan fingerprint density at radius 2 is 2.00 bits per heavy atom. The van der Waals surface area contributed by atoms with Crippen molar-refractivity contribution in [3.05, 3.63) is 51.9 Å². The first-order chi connectivity index (χ1) is 16.6. The van der Waals surface area contributed by atoms with Gasteiger partial charge >= 0.3 is 5.97 Å². The van der Waals surface area contributed by atoms with E-state index in [-0.39, 0.29) is 27.2 Å². The third-order valence-electron chi connectivity index (χ3n) is 5.41. The van der Waals surface area contributed by atoms with Crippen molar-refractivity contribution in [2.75, 3.05) is 5.32 Å². The number of hydrogen-bond donors (Lipinski definition) is 2. The highest BCUT2D eigenvalue weighted by Crippen LogP contribution is 2.34. The van der Waals surface area contributed by atoms with Crippen LogP contribution in [0.3, 0.4) is 0 Å². The molecule has 35 heavy (non-hydrogen) atoms. The summed E-state index contributed by atoms with van der Waals surface area (Å²) < 4.78 is 8.74. The maximum absolute atomic E-state index is 13.1. The molecule has 0 saturated carbocycles. The minimum Gasteiger partial charge on any atom is -0.459 e. The van der Waals surface area contributed by atoms with Crippen LogP contribution in [0, 0.1) is 13.8 Å². The van der Waals surface area contributed by atoms with Crippen molar-refractivity contribution < 1.29 is 19.1 Å². The number of primary amides is 1. The number of ether oxygens (including phenoxy) is 1. The Balaban J connectivity index is 1.72. The summed E-state index contributed by atoms with van der Waals surface area (Å²) in [6.07, 6.45) is 3.01. The van der Waals surface area contributed by atoms with Gasteiger partial charge in [0.25, 0.3) is 11.8 Å². The predicted octanol–water partition coefficient (Wildman–Crippen LogP) is 3.21. The Morgan fingerprint density at radius 1 is 1.26 bits per heavy atom. The molecule has 0 saturated heterocycles. The largest absolute Gasteiger partial charge is 0.459 e. The van der Waals surface area contributed by atoms with Crippen molar-refractivity contribution in [3.8, 4) is 11.3 Å². The van der Waals surface area contributed by atoms with Gasteiger partial charge in [0, 0.05) is 30.1 Å². The normalized spacial score (nSPS) is 11.3. The Morgan fingerprint density at radius 3 is 2.63 bits per heavy atom. The third-order valence-corrected chi connectivity index (χ3v) is 6.64. The number of carbonyl (C=O) groups is 3. The van der Waals surface area contributed by atoms with E-state index in [1.165, 1.54) is 0 Å². The molecule has 0 aliphatic heterocycles. The van der Waals surface area contributed by atoms with Gasteiger partial charge in [0.2, 0.25) is 0 Å². The lowest BCUT2D eigenvalue weighted by molar-refractivity contribution is 0.0379. The quantitative estimate of drug-likeness (QED) is 0.374. The second-order valence-electron chi connectivity index (χ2n) is 8.12. The minimum atomic E-state index is -0.698. The smallest absolute Gasteiger partial charge is 0.341 e. The molecule has 11 nitrogen and oxygen atoms in total. The number of amides is 2. The standard InChI is InChI=1S/C23H25N7O4S/c1-6-29-13(5)14(10-26-29)16-7-8-25-17-9-15(28-30(16)17)21(32)27-22-18(23(33)34-11(2)3)12(4)19(35-22)20(24)31/h7-11H,6H2,1-5H3,(H2,24,31)(H,27,32). The molecule has 0 aromatic carbocycles. The number of esters is 1. The number of hydrogen-bond acceptors (Lipinski definition) is 8. The van der Waals surface area contributed by atoms with Crippen molar-refractivity contribution >= 4 is 39.8 Å². The molecule has 0 aliphatic rings.